The number of ether oxygens (including phenoxy) is 1. The Labute approximate surface area is 208 Å². The molecule has 1 saturated carbocycles. The first-order valence-corrected chi connectivity index (χ1v) is 12.1. The fourth-order valence-corrected chi connectivity index (χ4v) is 4.57. The molecule has 1 aromatic carbocycles. The maximum atomic E-state index is 13.5. The number of benzene rings is 1. The molecule has 0 N–H and O–H groups in total. The van der Waals surface area contributed by atoms with Gasteiger partial charge in [0.05, 0.1) is 36.5 Å². The third-order valence-electron chi connectivity index (χ3n) is 6.71. The van der Waals surface area contributed by atoms with Crippen molar-refractivity contribution in [2.45, 2.75) is 25.6 Å². The summed E-state index contributed by atoms with van der Waals surface area (Å²) in [4.78, 5) is 24.0. The summed E-state index contributed by atoms with van der Waals surface area (Å²) in [6.45, 7) is 3.02. The van der Waals surface area contributed by atoms with Crippen molar-refractivity contribution in [1.82, 2.24) is 19.9 Å². The monoisotopic (exact) mass is 501 g/mol. The summed E-state index contributed by atoms with van der Waals surface area (Å²) < 4.78 is 46.4. The second-order valence-electron chi connectivity index (χ2n) is 9.79. The minimum atomic E-state index is -4.46. The zero-order valence-corrected chi connectivity index (χ0v) is 20.7. The molecule has 5 rings (SSSR count). The van der Waals surface area contributed by atoms with E-state index in [2.05, 4.69) is 19.9 Å². The van der Waals surface area contributed by atoms with E-state index in [4.69, 9.17) is 9.72 Å². The van der Waals surface area contributed by atoms with Gasteiger partial charge in [0, 0.05) is 51.7 Å². The lowest BCUT2D eigenvalue weighted by Gasteiger charge is -2.27. The topological polar surface area (TPSA) is 70.5 Å². The van der Waals surface area contributed by atoms with E-state index >= 15 is 0 Å². The average molecular weight is 502 g/mol. The van der Waals surface area contributed by atoms with Crippen LogP contribution in [0.5, 0.6) is 0 Å². The van der Waals surface area contributed by atoms with Crippen LogP contribution in [0.4, 0.5) is 30.9 Å². The van der Waals surface area contributed by atoms with Gasteiger partial charge in [-0.3, -0.25) is 0 Å². The standard InChI is InChI=1S/C25H30F3N7O/c1-33(2)23-29-9-8-19(30-23)14-34(3)24-31-21-12-18(25(26,27)28)6-7-20(21)22(32-24)35-10-11-36-15-17(13-35)16-4-5-16/h6-9,12,16-17H,4-5,10-11,13-15H2,1-3H3. The minimum Gasteiger partial charge on any atom is -0.379 e. The van der Waals surface area contributed by atoms with Gasteiger partial charge in [0.2, 0.25) is 11.9 Å². The summed E-state index contributed by atoms with van der Waals surface area (Å²) in [5, 5.41) is 0.605. The van der Waals surface area contributed by atoms with E-state index in [0.29, 0.717) is 61.2 Å². The zero-order chi connectivity index (χ0) is 25.4. The third kappa shape index (κ3) is 5.30. The largest absolute Gasteiger partial charge is 0.416 e. The molecule has 0 amide bonds. The zero-order valence-electron chi connectivity index (χ0n) is 20.7. The van der Waals surface area contributed by atoms with Gasteiger partial charge in [-0.15, -0.1) is 0 Å². The van der Waals surface area contributed by atoms with Gasteiger partial charge in [-0.05, 0) is 43.0 Å². The molecule has 0 radical (unpaired) electrons. The fourth-order valence-electron chi connectivity index (χ4n) is 4.57. The number of hydrogen-bond acceptors (Lipinski definition) is 8. The first kappa shape index (κ1) is 24.5. The van der Waals surface area contributed by atoms with E-state index in [1.54, 1.807) is 17.2 Å². The number of nitrogens with zero attached hydrogens (tertiary/aromatic N) is 7. The summed E-state index contributed by atoms with van der Waals surface area (Å²) >= 11 is 0. The smallest absolute Gasteiger partial charge is 0.379 e. The molecule has 2 aromatic heterocycles. The Morgan fingerprint density at radius 3 is 2.56 bits per heavy atom. The highest BCUT2D eigenvalue weighted by molar-refractivity contribution is 5.91. The van der Waals surface area contributed by atoms with Gasteiger partial charge < -0.3 is 19.4 Å². The molecule has 192 valence electrons. The van der Waals surface area contributed by atoms with Crippen molar-refractivity contribution in [2.75, 3.05) is 62.1 Å². The van der Waals surface area contributed by atoms with Crippen LogP contribution in [0.3, 0.4) is 0 Å². The molecule has 1 saturated heterocycles. The maximum absolute atomic E-state index is 13.5. The van der Waals surface area contributed by atoms with Crippen LogP contribution in [0.15, 0.2) is 30.5 Å². The first-order valence-electron chi connectivity index (χ1n) is 12.1. The highest BCUT2D eigenvalue weighted by atomic mass is 19.4. The first-order chi connectivity index (χ1) is 17.2. The van der Waals surface area contributed by atoms with E-state index in [9.17, 15) is 13.2 Å². The molecule has 1 aliphatic carbocycles. The number of aromatic nitrogens is 4. The van der Waals surface area contributed by atoms with E-state index in [-0.39, 0.29) is 5.52 Å². The Morgan fingerprint density at radius 2 is 1.83 bits per heavy atom. The lowest BCUT2D eigenvalue weighted by Crippen LogP contribution is -2.32. The van der Waals surface area contributed by atoms with E-state index in [0.717, 1.165) is 24.4 Å². The van der Waals surface area contributed by atoms with Crippen LogP contribution in [0.25, 0.3) is 10.9 Å². The summed E-state index contributed by atoms with van der Waals surface area (Å²) in [5.41, 5.74) is 0.290. The van der Waals surface area contributed by atoms with Gasteiger partial charge in [0.15, 0.2) is 0 Å². The van der Waals surface area contributed by atoms with Gasteiger partial charge in [-0.25, -0.2) is 15.0 Å². The van der Waals surface area contributed by atoms with Crippen molar-refractivity contribution < 1.29 is 17.9 Å². The summed E-state index contributed by atoms with van der Waals surface area (Å²) in [6, 6.07) is 5.51. The number of anilines is 3. The SMILES string of the molecule is CN(C)c1nccc(CN(C)c2nc(N3CCOCC(C4CC4)C3)c3ccc(C(F)(F)F)cc3n2)n1. The van der Waals surface area contributed by atoms with E-state index in [1.165, 1.54) is 18.9 Å². The van der Waals surface area contributed by atoms with Crippen LogP contribution in [-0.2, 0) is 17.5 Å². The Kier molecular flexibility index (Phi) is 6.59. The van der Waals surface area contributed by atoms with Crippen molar-refractivity contribution in [3.63, 3.8) is 0 Å². The molecule has 1 atom stereocenters. The van der Waals surface area contributed by atoms with Crippen LogP contribution in [0, 0.1) is 11.8 Å². The maximum Gasteiger partial charge on any atom is 0.416 e. The van der Waals surface area contributed by atoms with Gasteiger partial charge in [-0.1, -0.05) is 0 Å². The van der Waals surface area contributed by atoms with Gasteiger partial charge in [0.1, 0.15) is 5.82 Å². The van der Waals surface area contributed by atoms with Crippen molar-refractivity contribution in [3.05, 3.63) is 41.7 Å². The molecule has 3 heterocycles. The fraction of sp³-hybridized carbons (Fsp3) is 0.520. The molecule has 1 unspecified atom stereocenters. The predicted octanol–water partition coefficient (Wildman–Crippen LogP) is 4.00. The number of rotatable bonds is 6. The molecule has 2 fully saturated rings. The number of halogens is 3. The van der Waals surface area contributed by atoms with Crippen LogP contribution in [0.2, 0.25) is 0 Å². The van der Waals surface area contributed by atoms with E-state index < -0.39 is 11.7 Å². The Balaban J connectivity index is 1.54. The van der Waals surface area contributed by atoms with Crippen LogP contribution >= 0.6 is 0 Å². The molecule has 0 bridgehead atoms. The molecular weight excluding hydrogens is 471 g/mol. The number of alkyl halides is 3. The summed E-state index contributed by atoms with van der Waals surface area (Å²) in [5.74, 6) is 2.59. The van der Waals surface area contributed by atoms with Crippen molar-refractivity contribution in [1.29, 1.82) is 0 Å². The molecule has 0 spiro atoms. The highest BCUT2D eigenvalue weighted by Crippen LogP contribution is 2.40. The van der Waals surface area contributed by atoms with Crippen molar-refractivity contribution in [3.8, 4) is 0 Å². The van der Waals surface area contributed by atoms with Gasteiger partial charge in [0.25, 0.3) is 0 Å². The quantitative estimate of drug-likeness (QED) is 0.502. The average Bonchev–Trinajstić information content (AvgIpc) is 3.69. The molecule has 8 nitrogen and oxygen atoms in total. The number of hydrogen-bond donors (Lipinski definition) is 0. The Hall–Kier alpha value is -3.21. The lowest BCUT2D eigenvalue weighted by molar-refractivity contribution is -0.137. The second kappa shape index (κ2) is 9.68. The molecule has 2 aliphatic rings. The van der Waals surface area contributed by atoms with Gasteiger partial charge >= 0.3 is 6.18 Å². The predicted molar refractivity (Wildman–Crippen MR) is 132 cm³/mol. The van der Waals surface area contributed by atoms with E-state index in [1.807, 2.05) is 26.0 Å². The molecule has 3 aromatic rings. The normalized spacial score (nSPS) is 18.8. The minimum absolute atomic E-state index is 0.265. The van der Waals surface area contributed by atoms with Crippen LogP contribution in [0.1, 0.15) is 24.1 Å². The molecule has 11 heteroatoms. The molecule has 1 aliphatic heterocycles. The van der Waals surface area contributed by atoms with Crippen molar-refractivity contribution in [2.24, 2.45) is 11.8 Å². The summed E-state index contributed by atoms with van der Waals surface area (Å²) in [6.07, 6.45) is -0.377. The molecule has 36 heavy (non-hydrogen) atoms. The Morgan fingerprint density at radius 1 is 1.03 bits per heavy atom. The highest BCUT2D eigenvalue weighted by Gasteiger charge is 2.35. The summed E-state index contributed by atoms with van der Waals surface area (Å²) in [7, 11) is 5.54. The lowest BCUT2D eigenvalue weighted by atomic mass is 10.0. The number of fused-ring (bicyclic) bond motifs is 1. The van der Waals surface area contributed by atoms with Crippen LogP contribution < -0.4 is 14.7 Å². The second-order valence-corrected chi connectivity index (χ2v) is 9.79. The van der Waals surface area contributed by atoms with Crippen LogP contribution in [-0.4, -0.2) is 67.4 Å². The van der Waals surface area contributed by atoms with Gasteiger partial charge in [-0.2, -0.15) is 18.2 Å². The Bertz CT molecular complexity index is 1230. The third-order valence-corrected chi connectivity index (χ3v) is 6.71. The molecular formula is C25H30F3N7O. The van der Waals surface area contributed by atoms with Crippen molar-refractivity contribution >= 4 is 28.6 Å².